The van der Waals surface area contributed by atoms with Gasteiger partial charge in [0.25, 0.3) is 0 Å². The summed E-state index contributed by atoms with van der Waals surface area (Å²) in [6, 6.07) is 38.1. The van der Waals surface area contributed by atoms with Crippen LogP contribution in [0.5, 0.6) is 0 Å². The van der Waals surface area contributed by atoms with Crippen LogP contribution >= 0.6 is 0 Å². The molecular formula is C41H45Si. The third-order valence-corrected chi connectivity index (χ3v) is 16.4. The van der Waals surface area contributed by atoms with Crippen molar-refractivity contribution in [1.29, 1.82) is 0 Å². The van der Waals surface area contributed by atoms with Gasteiger partial charge in [0.2, 0.25) is 0 Å². The van der Waals surface area contributed by atoms with Crippen molar-refractivity contribution < 1.29 is 0 Å². The molecule has 42 heavy (non-hydrogen) atoms. The van der Waals surface area contributed by atoms with Gasteiger partial charge >= 0.3 is 0 Å². The van der Waals surface area contributed by atoms with Gasteiger partial charge in [-0.05, 0) is 80.6 Å². The molecule has 4 aromatic carbocycles. The van der Waals surface area contributed by atoms with E-state index in [1.807, 2.05) is 0 Å². The number of fused-ring (bicyclic) bond motifs is 6. The van der Waals surface area contributed by atoms with Gasteiger partial charge in [-0.1, -0.05) is 155 Å². The Morgan fingerprint density at radius 3 is 1.31 bits per heavy atom. The third-order valence-electron chi connectivity index (χ3n) is 12.0. The van der Waals surface area contributed by atoms with Gasteiger partial charge in [-0.3, -0.25) is 0 Å². The van der Waals surface area contributed by atoms with Crippen LogP contribution < -0.4 is 0 Å². The van der Waals surface area contributed by atoms with Gasteiger partial charge in [0, 0.05) is 11.1 Å². The Kier molecular flexibility index (Phi) is 6.98. The average molecular weight is 566 g/mol. The molecule has 8 rings (SSSR count). The first-order valence-corrected chi connectivity index (χ1v) is 18.7. The Balaban J connectivity index is 1.38. The molecule has 2 unspecified atom stereocenters. The quantitative estimate of drug-likeness (QED) is 0.170. The number of rotatable bonds is 4. The molecule has 0 saturated heterocycles. The van der Waals surface area contributed by atoms with Gasteiger partial charge in [-0.25, -0.2) is 0 Å². The van der Waals surface area contributed by atoms with Crippen LogP contribution in [0.2, 0.25) is 5.54 Å². The maximum absolute atomic E-state index is 2.81. The van der Waals surface area contributed by atoms with Crippen LogP contribution in [0.3, 0.4) is 0 Å². The van der Waals surface area contributed by atoms with Crippen LogP contribution in [0.1, 0.15) is 111 Å². The number of hydrogen-bond acceptors (Lipinski definition) is 0. The molecule has 4 aliphatic rings. The Hall–Kier alpha value is -2.90. The van der Waals surface area contributed by atoms with Gasteiger partial charge in [-0.2, -0.15) is 0 Å². The molecule has 0 aliphatic heterocycles. The van der Waals surface area contributed by atoms with Gasteiger partial charge in [-0.15, -0.1) is 0 Å². The zero-order valence-corrected chi connectivity index (χ0v) is 26.3. The van der Waals surface area contributed by atoms with Crippen LogP contribution in [0.25, 0.3) is 22.3 Å². The van der Waals surface area contributed by atoms with E-state index in [4.69, 9.17) is 0 Å². The molecular weight excluding hydrogens is 521 g/mol. The van der Waals surface area contributed by atoms with Crippen molar-refractivity contribution in [3.8, 4) is 22.3 Å². The van der Waals surface area contributed by atoms with Crippen molar-refractivity contribution in [3.05, 3.63) is 119 Å². The first kappa shape index (κ1) is 26.7. The summed E-state index contributed by atoms with van der Waals surface area (Å²) in [6.45, 7) is 2.81. The molecule has 4 aromatic rings. The molecule has 0 nitrogen and oxygen atoms in total. The van der Waals surface area contributed by atoms with Crippen molar-refractivity contribution in [3.63, 3.8) is 0 Å². The molecule has 213 valence electrons. The van der Waals surface area contributed by atoms with E-state index in [1.165, 1.54) is 92.9 Å². The van der Waals surface area contributed by atoms with Crippen molar-refractivity contribution in [2.45, 2.75) is 94.2 Å². The highest BCUT2D eigenvalue weighted by Gasteiger charge is 2.53. The summed E-state index contributed by atoms with van der Waals surface area (Å²) >= 11 is 0. The Bertz CT molecular complexity index is 1390. The van der Waals surface area contributed by atoms with Crippen molar-refractivity contribution in [1.82, 2.24) is 0 Å². The first-order valence-electron chi connectivity index (χ1n) is 17.0. The van der Waals surface area contributed by atoms with Crippen molar-refractivity contribution >= 4 is 8.80 Å². The van der Waals surface area contributed by atoms with Gasteiger partial charge in [0.05, 0.1) is 8.80 Å². The molecule has 0 bridgehead atoms. The molecule has 1 radical (unpaired) electrons. The highest BCUT2D eigenvalue weighted by Crippen LogP contribution is 2.62. The maximum Gasteiger partial charge on any atom is 0.0796 e. The summed E-state index contributed by atoms with van der Waals surface area (Å²) in [5, 5.41) is 0. The first-order chi connectivity index (χ1) is 20.8. The fraction of sp³-hybridized carbons (Fsp3) is 0.415. The lowest BCUT2D eigenvalue weighted by atomic mass is 9.68. The molecule has 1 heteroatoms. The molecule has 0 spiro atoms. The second-order valence-electron chi connectivity index (χ2n) is 14.1. The molecule has 0 amide bonds. The van der Waals surface area contributed by atoms with Crippen LogP contribution in [-0.4, -0.2) is 8.80 Å². The molecule has 2 saturated carbocycles. The summed E-state index contributed by atoms with van der Waals surface area (Å²) in [5.74, 6) is 0.877. The summed E-state index contributed by atoms with van der Waals surface area (Å²) in [7, 11) is -1.04. The van der Waals surface area contributed by atoms with E-state index in [9.17, 15) is 0 Å². The lowest BCUT2D eigenvalue weighted by Crippen LogP contribution is -2.45. The minimum atomic E-state index is -1.04. The SMILES string of the molecule is CC1(C2CCCCCC2)CCCCCC1[Si](C1c2ccccc2-c2ccccc21)C1c2ccccc2-c2ccccc21. The molecule has 2 fully saturated rings. The van der Waals surface area contributed by atoms with E-state index in [2.05, 4.69) is 104 Å². The molecule has 0 aromatic heterocycles. The topological polar surface area (TPSA) is 0 Å². The van der Waals surface area contributed by atoms with Gasteiger partial charge in [0.1, 0.15) is 0 Å². The normalized spacial score (nSPS) is 24.5. The Morgan fingerprint density at radius 1 is 0.476 bits per heavy atom. The van der Waals surface area contributed by atoms with Crippen LogP contribution in [0.4, 0.5) is 0 Å². The van der Waals surface area contributed by atoms with Crippen LogP contribution in [-0.2, 0) is 0 Å². The summed E-state index contributed by atoms with van der Waals surface area (Å²) in [5.41, 5.74) is 14.8. The Labute approximate surface area is 255 Å². The second-order valence-corrected chi connectivity index (χ2v) is 16.9. The average Bonchev–Trinajstić information content (AvgIpc) is 3.25. The minimum Gasteiger partial charge on any atom is -0.0619 e. The van der Waals surface area contributed by atoms with E-state index in [-0.39, 0.29) is 0 Å². The second kappa shape index (κ2) is 11.0. The minimum absolute atomic E-state index is 0.425. The molecule has 0 heterocycles. The highest BCUT2D eigenvalue weighted by atomic mass is 28.3. The zero-order chi connectivity index (χ0) is 28.1. The Morgan fingerprint density at radius 2 is 0.857 bits per heavy atom. The summed E-state index contributed by atoms with van der Waals surface area (Å²) < 4.78 is 0. The van der Waals surface area contributed by atoms with E-state index in [0.717, 1.165) is 11.5 Å². The van der Waals surface area contributed by atoms with E-state index < -0.39 is 8.80 Å². The molecule has 4 aliphatic carbocycles. The van der Waals surface area contributed by atoms with E-state index in [1.54, 1.807) is 22.3 Å². The smallest absolute Gasteiger partial charge is 0.0619 e. The van der Waals surface area contributed by atoms with Crippen molar-refractivity contribution in [2.75, 3.05) is 0 Å². The standard InChI is InChI=1S/C41H45Si/c1-41(29-17-5-2-3-6-18-29)28-16-4-7-27-38(41)42(39-34-23-12-8-19-30(34)31-20-9-13-24-35(31)39)40-36-25-14-10-21-32(36)33-22-11-15-26-37(33)40/h8-15,19-26,29,38-40H,2-7,16-18,27-28H2,1H3. The largest absolute Gasteiger partial charge is 0.0796 e. The van der Waals surface area contributed by atoms with E-state index >= 15 is 0 Å². The predicted octanol–water partition coefficient (Wildman–Crippen LogP) is 11.5. The summed E-state index contributed by atoms with van der Waals surface area (Å²) in [4.78, 5) is 0. The van der Waals surface area contributed by atoms with Crippen LogP contribution in [0, 0.1) is 11.3 Å². The van der Waals surface area contributed by atoms with Crippen LogP contribution in [0.15, 0.2) is 97.1 Å². The third kappa shape index (κ3) is 4.21. The van der Waals surface area contributed by atoms with Crippen molar-refractivity contribution in [2.24, 2.45) is 11.3 Å². The number of benzene rings is 4. The maximum atomic E-state index is 2.81. The van der Waals surface area contributed by atoms with E-state index in [0.29, 0.717) is 16.5 Å². The lowest BCUT2D eigenvalue weighted by Gasteiger charge is -2.50. The molecule has 0 N–H and O–H groups in total. The van der Waals surface area contributed by atoms with Gasteiger partial charge in [0.15, 0.2) is 0 Å². The highest BCUT2D eigenvalue weighted by molar-refractivity contribution is 6.66. The predicted molar refractivity (Wildman–Crippen MR) is 179 cm³/mol. The monoisotopic (exact) mass is 565 g/mol. The molecule has 2 atom stereocenters. The zero-order valence-electron chi connectivity index (χ0n) is 25.3. The summed E-state index contributed by atoms with van der Waals surface area (Å²) in [6.07, 6.45) is 15.8. The lowest BCUT2D eigenvalue weighted by molar-refractivity contribution is 0.135. The number of hydrogen-bond donors (Lipinski definition) is 0. The fourth-order valence-electron chi connectivity index (χ4n) is 10.1. The fourth-order valence-corrected chi connectivity index (χ4v) is 15.4. The van der Waals surface area contributed by atoms with Gasteiger partial charge < -0.3 is 0 Å².